The third kappa shape index (κ3) is 4.01. The molecule has 2 aromatic carbocycles. The minimum atomic E-state index is -0.976. The van der Waals surface area contributed by atoms with Gasteiger partial charge >= 0.3 is 0 Å². The van der Waals surface area contributed by atoms with Crippen LogP contribution in [0.4, 0.5) is 13.2 Å². The third-order valence-electron chi connectivity index (χ3n) is 2.62. The summed E-state index contributed by atoms with van der Waals surface area (Å²) in [7, 11) is 0. The molecule has 2 aromatic rings. The highest BCUT2D eigenvalue weighted by atomic mass is 19.2. The number of hydrogen-bond donors (Lipinski definition) is 1. The molecule has 5 heteroatoms. The second-order valence-corrected chi connectivity index (χ2v) is 4.14. The summed E-state index contributed by atoms with van der Waals surface area (Å²) in [6, 6.07) is 7.14. The summed E-state index contributed by atoms with van der Waals surface area (Å²) in [5.41, 5.74) is 0.798. The van der Waals surface area contributed by atoms with E-state index >= 15 is 0 Å². The van der Waals surface area contributed by atoms with E-state index in [0.717, 1.165) is 18.2 Å². The fourth-order valence-electron chi connectivity index (χ4n) is 1.64. The van der Waals surface area contributed by atoms with Gasteiger partial charge in [0.05, 0.1) is 5.56 Å². The van der Waals surface area contributed by atoms with Crippen molar-refractivity contribution in [3.63, 3.8) is 0 Å². The van der Waals surface area contributed by atoms with Crippen LogP contribution >= 0.6 is 0 Å². The molecule has 0 aliphatic carbocycles. The maximum Gasteiger partial charge on any atom is 0.159 e. The van der Waals surface area contributed by atoms with Crippen molar-refractivity contribution in [2.75, 3.05) is 6.61 Å². The first kappa shape index (κ1) is 14.9. The quantitative estimate of drug-likeness (QED) is 0.881. The van der Waals surface area contributed by atoms with Crippen molar-refractivity contribution in [1.29, 1.82) is 0 Å². The van der Waals surface area contributed by atoms with Gasteiger partial charge in [0.15, 0.2) is 11.6 Å². The van der Waals surface area contributed by atoms with Crippen molar-refractivity contribution < 1.29 is 23.0 Å². The highest BCUT2D eigenvalue weighted by molar-refractivity contribution is 5.46. The average molecular weight is 292 g/mol. The van der Waals surface area contributed by atoms with Crippen molar-refractivity contribution in [2.45, 2.75) is 6.61 Å². The van der Waals surface area contributed by atoms with Gasteiger partial charge in [0.25, 0.3) is 0 Å². The van der Waals surface area contributed by atoms with Gasteiger partial charge in [-0.1, -0.05) is 17.9 Å². The lowest BCUT2D eigenvalue weighted by Crippen LogP contribution is -1.99. The highest BCUT2D eigenvalue weighted by Crippen LogP contribution is 2.21. The highest BCUT2D eigenvalue weighted by Gasteiger charge is 2.06. The molecule has 0 aromatic heterocycles. The van der Waals surface area contributed by atoms with Gasteiger partial charge in [0, 0.05) is 6.07 Å². The van der Waals surface area contributed by atoms with Crippen LogP contribution in [0.15, 0.2) is 36.4 Å². The fraction of sp³-hybridized carbons (Fsp3) is 0.125. The van der Waals surface area contributed by atoms with Crippen LogP contribution in [0.1, 0.15) is 11.1 Å². The van der Waals surface area contributed by atoms with Crippen LogP contribution in [-0.2, 0) is 6.61 Å². The second-order valence-electron chi connectivity index (χ2n) is 4.14. The maximum atomic E-state index is 13.2. The molecular formula is C16H11F3O2. The van der Waals surface area contributed by atoms with Crippen molar-refractivity contribution in [1.82, 2.24) is 0 Å². The van der Waals surface area contributed by atoms with Gasteiger partial charge in [-0.3, -0.25) is 0 Å². The summed E-state index contributed by atoms with van der Waals surface area (Å²) >= 11 is 0. The Morgan fingerprint density at radius 3 is 2.52 bits per heavy atom. The molecule has 0 spiro atoms. The lowest BCUT2D eigenvalue weighted by atomic mass is 10.2. The Morgan fingerprint density at radius 2 is 1.81 bits per heavy atom. The molecule has 0 bridgehead atoms. The Labute approximate surface area is 119 Å². The lowest BCUT2D eigenvalue weighted by molar-refractivity contribution is 0.302. The smallest absolute Gasteiger partial charge is 0.159 e. The zero-order chi connectivity index (χ0) is 15.2. The van der Waals surface area contributed by atoms with Gasteiger partial charge in [0.2, 0.25) is 0 Å². The van der Waals surface area contributed by atoms with Gasteiger partial charge in [-0.15, -0.1) is 0 Å². The van der Waals surface area contributed by atoms with E-state index in [2.05, 4.69) is 11.8 Å². The number of halogens is 3. The van der Waals surface area contributed by atoms with Crippen LogP contribution in [-0.4, -0.2) is 11.7 Å². The molecule has 0 aliphatic heterocycles. The Morgan fingerprint density at radius 1 is 1.00 bits per heavy atom. The van der Waals surface area contributed by atoms with E-state index in [4.69, 9.17) is 9.84 Å². The van der Waals surface area contributed by atoms with Gasteiger partial charge in [-0.2, -0.15) is 0 Å². The lowest BCUT2D eigenvalue weighted by Gasteiger charge is -2.09. The summed E-state index contributed by atoms with van der Waals surface area (Å²) in [6.45, 7) is -0.394. The molecule has 0 aliphatic rings. The van der Waals surface area contributed by atoms with Gasteiger partial charge in [0.1, 0.15) is 24.8 Å². The Balaban J connectivity index is 2.18. The Bertz CT molecular complexity index is 702. The van der Waals surface area contributed by atoms with Gasteiger partial charge in [-0.25, -0.2) is 13.2 Å². The number of aliphatic hydroxyl groups is 1. The zero-order valence-electron chi connectivity index (χ0n) is 10.9. The molecule has 1 N–H and O–H groups in total. The normalized spacial score (nSPS) is 9.90. The van der Waals surface area contributed by atoms with Crippen molar-refractivity contribution in [2.24, 2.45) is 0 Å². The van der Waals surface area contributed by atoms with Crippen LogP contribution in [0, 0.1) is 29.3 Å². The molecule has 2 nitrogen and oxygen atoms in total. The molecule has 0 amide bonds. The third-order valence-corrected chi connectivity index (χ3v) is 2.62. The van der Waals surface area contributed by atoms with E-state index in [1.54, 1.807) is 0 Å². The number of rotatable bonds is 3. The Hall–Kier alpha value is -2.45. The molecular weight excluding hydrogens is 281 g/mol. The molecule has 0 saturated carbocycles. The summed E-state index contributed by atoms with van der Waals surface area (Å²) in [4.78, 5) is 0. The van der Waals surface area contributed by atoms with E-state index in [1.165, 1.54) is 18.2 Å². The average Bonchev–Trinajstić information content (AvgIpc) is 2.47. The summed E-state index contributed by atoms with van der Waals surface area (Å²) in [5.74, 6) is 2.79. The van der Waals surface area contributed by atoms with Gasteiger partial charge < -0.3 is 9.84 Å². The van der Waals surface area contributed by atoms with Crippen molar-refractivity contribution in [3.05, 3.63) is 65.0 Å². The van der Waals surface area contributed by atoms with Crippen LogP contribution in [0.3, 0.4) is 0 Å². The van der Waals surface area contributed by atoms with E-state index in [9.17, 15) is 13.2 Å². The first-order chi connectivity index (χ1) is 10.1. The summed E-state index contributed by atoms with van der Waals surface area (Å²) in [6.07, 6.45) is 0. The monoisotopic (exact) mass is 292 g/mol. The predicted octanol–water partition coefficient (Wildman–Crippen LogP) is 3.03. The molecule has 21 heavy (non-hydrogen) atoms. The minimum absolute atomic E-state index is 0.0611. The standard InChI is InChI=1S/C16H11F3O2/c17-13-5-4-12(2-1-7-20)16(9-13)21-10-11-3-6-14(18)15(19)8-11/h3-6,8-9,20H,7,10H2. The molecule has 0 unspecified atom stereocenters. The molecule has 0 atom stereocenters. The second kappa shape index (κ2) is 6.82. The molecule has 0 radical (unpaired) electrons. The minimum Gasteiger partial charge on any atom is -0.487 e. The molecule has 108 valence electrons. The van der Waals surface area contributed by atoms with Gasteiger partial charge in [-0.05, 0) is 29.8 Å². The first-order valence-corrected chi connectivity index (χ1v) is 6.06. The van der Waals surface area contributed by atoms with E-state index in [1.807, 2.05) is 0 Å². The maximum absolute atomic E-state index is 13.2. The zero-order valence-corrected chi connectivity index (χ0v) is 10.9. The first-order valence-electron chi connectivity index (χ1n) is 6.06. The van der Waals surface area contributed by atoms with Crippen LogP contribution in [0.2, 0.25) is 0 Å². The largest absolute Gasteiger partial charge is 0.487 e. The fourth-order valence-corrected chi connectivity index (χ4v) is 1.64. The van der Waals surface area contributed by atoms with E-state index < -0.39 is 17.5 Å². The van der Waals surface area contributed by atoms with Crippen LogP contribution < -0.4 is 4.74 Å². The molecule has 0 fully saturated rings. The molecule has 0 saturated heterocycles. The SMILES string of the molecule is OCC#Cc1ccc(F)cc1OCc1ccc(F)c(F)c1. The Kier molecular flexibility index (Phi) is 4.85. The van der Waals surface area contributed by atoms with Crippen molar-refractivity contribution >= 4 is 0 Å². The number of benzene rings is 2. The van der Waals surface area contributed by atoms with Crippen LogP contribution in [0.25, 0.3) is 0 Å². The molecule has 0 heterocycles. The summed E-state index contributed by atoms with van der Waals surface area (Å²) in [5, 5.41) is 8.67. The predicted molar refractivity (Wildman–Crippen MR) is 71.1 cm³/mol. The number of ether oxygens (including phenoxy) is 1. The van der Waals surface area contributed by atoms with Crippen molar-refractivity contribution in [3.8, 4) is 17.6 Å². The molecule has 2 rings (SSSR count). The number of aliphatic hydroxyl groups excluding tert-OH is 1. The van der Waals surface area contributed by atoms with E-state index in [-0.39, 0.29) is 19.0 Å². The van der Waals surface area contributed by atoms with E-state index in [0.29, 0.717) is 11.1 Å². The topological polar surface area (TPSA) is 29.5 Å². The summed E-state index contributed by atoms with van der Waals surface area (Å²) < 4.78 is 44.5. The van der Waals surface area contributed by atoms with Crippen LogP contribution in [0.5, 0.6) is 5.75 Å². The number of hydrogen-bond acceptors (Lipinski definition) is 2.